The maximum Gasteiger partial charge on any atom is 0.303 e. The normalized spacial score (nSPS) is 12.7. The molecule has 0 rings (SSSR count). The van der Waals surface area contributed by atoms with Gasteiger partial charge >= 0.3 is 5.97 Å². The first-order chi connectivity index (χ1) is 9.31. The average molecular weight is 286 g/mol. The molecule has 0 saturated carbocycles. The minimum absolute atomic E-state index is 0.00898. The highest BCUT2D eigenvalue weighted by Crippen LogP contribution is 2.14. The van der Waals surface area contributed by atoms with Crippen LogP contribution in [0, 0.1) is 11.8 Å². The lowest BCUT2D eigenvalue weighted by Gasteiger charge is -2.17. The van der Waals surface area contributed by atoms with E-state index in [-0.39, 0.29) is 18.2 Å². The summed E-state index contributed by atoms with van der Waals surface area (Å²) >= 11 is 0. The highest BCUT2D eigenvalue weighted by molar-refractivity contribution is 5.76. The number of carboxylic acids is 1. The van der Waals surface area contributed by atoms with Crippen molar-refractivity contribution in [2.75, 3.05) is 13.1 Å². The fourth-order valence-corrected chi connectivity index (χ4v) is 2.14. The molecule has 0 aliphatic rings. The van der Waals surface area contributed by atoms with E-state index in [0.717, 1.165) is 19.4 Å². The van der Waals surface area contributed by atoms with Gasteiger partial charge in [-0.3, -0.25) is 9.59 Å². The van der Waals surface area contributed by atoms with Gasteiger partial charge in [0.15, 0.2) is 0 Å². The number of hydrogen-bond donors (Lipinski definition) is 3. The van der Waals surface area contributed by atoms with Crippen LogP contribution in [-0.4, -0.2) is 36.1 Å². The lowest BCUT2D eigenvalue weighted by molar-refractivity contribution is -0.138. The van der Waals surface area contributed by atoms with Crippen LogP contribution < -0.4 is 10.6 Å². The molecule has 0 aliphatic heterocycles. The van der Waals surface area contributed by atoms with Crippen LogP contribution >= 0.6 is 0 Å². The molecular formula is C15H30N2O3. The number of aliphatic carboxylic acids is 1. The SMILES string of the molecule is CC(C)C[C@H](CNC(=O)CCCNC(C)C)CC(=O)O. The minimum Gasteiger partial charge on any atom is -0.481 e. The molecule has 0 aromatic heterocycles. The van der Waals surface area contributed by atoms with Crippen molar-refractivity contribution in [1.29, 1.82) is 0 Å². The molecule has 118 valence electrons. The summed E-state index contributed by atoms with van der Waals surface area (Å²) in [4.78, 5) is 22.5. The van der Waals surface area contributed by atoms with Crippen LogP contribution in [-0.2, 0) is 9.59 Å². The summed E-state index contributed by atoms with van der Waals surface area (Å²) in [7, 11) is 0. The van der Waals surface area contributed by atoms with Gasteiger partial charge < -0.3 is 15.7 Å². The lowest BCUT2D eigenvalue weighted by Crippen LogP contribution is -2.32. The maximum atomic E-state index is 11.7. The highest BCUT2D eigenvalue weighted by Gasteiger charge is 2.15. The van der Waals surface area contributed by atoms with Crippen LogP contribution in [0.2, 0.25) is 0 Å². The van der Waals surface area contributed by atoms with Crippen LogP contribution in [0.15, 0.2) is 0 Å². The smallest absolute Gasteiger partial charge is 0.303 e. The van der Waals surface area contributed by atoms with Crippen LogP contribution in [0.1, 0.15) is 53.4 Å². The molecule has 0 unspecified atom stereocenters. The van der Waals surface area contributed by atoms with Crippen molar-refractivity contribution in [1.82, 2.24) is 10.6 Å². The van der Waals surface area contributed by atoms with Gasteiger partial charge in [0, 0.05) is 25.4 Å². The van der Waals surface area contributed by atoms with E-state index in [1.807, 2.05) is 0 Å². The highest BCUT2D eigenvalue weighted by atomic mass is 16.4. The first kappa shape index (κ1) is 18.9. The Morgan fingerprint density at radius 1 is 1.15 bits per heavy atom. The molecule has 1 amide bonds. The summed E-state index contributed by atoms with van der Waals surface area (Å²) in [5.74, 6) is -0.336. The van der Waals surface area contributed by atoms with Gasteiger partial charge in [-0.1, -0.05) is 27.7 Å². The van der Waals surface area contributed by atoms with E-state index in [1.165, 1.54) is 0 Å². The second-order valence-electron chi connectivity index (χ2n) is 6.11. The zero-order chi connectivity index (χ0) is 15.5. The molecular weight excluding hydrogens is 256 g/mol. The third-order valence-corrected chi connectivity index (χ3v) is 2.99. The minimum atomic E-state index is -0.800. The van der Waals surface area contributed by atoms with Crippen molar-refractivity contribution in [2.45, 2.75) is 59.4 Å². The Labute approximate surface area is 122 Å². The van der Waals surface area contributed by atoms with Gasteiger partial charge in [-0.25, -0.2) is 0 Å². The van der Waals surface area contributed by atoms with Crippen LogP contribution in [0.4, 0.5) is 0 Å². The van der Waals surface area contributed by atoms with Gasteiger partial charge in [0.1, 0.15) is 0 Å². The van der Waals surface area contributed by atoms with Crippen molar-refractivity contribution in [3.63, 3.8) is 0 Å². The Morgan fingerprint density at radius 3 is 2.30 bits per heavy atom. The van der Waals surface area contributed by atoms with Gasteiger partial charge in [0.25, 0.3) is 0 Å². The van der Waals surface area contributed by atoms with Gasteiger partial charge in [-0.15, -0.1) is 0 Å². The van der Waals surface area contributed by atoms with Gasteiger partial charge in [0.2, 0.25) is 5.91 Å². The van der Waals surface area contributed by atoms with Crippen LogP contribution in [0.5, 0.6) is 0 Å². The summed E-state index contributed by atoms with van der Waals surface area (Å²) < 4.78 is 0. The Balaban J connectivity index is 3.89. The molecule has 0 saturated heterocycles. The number of carboxylic acid groups (broad SMARTS) is 1. The van der Waals surface area contributed by atoms with Gasteiger partial charge in [-0.05, 0) is 31.2 Å². The predicted octanol–water partition coefficient (Wildman–Crippen LogP) is 2.02. The Kier molecular flexibility index (Phi) is 10.1. The second kappa shape index (κ2) is 10.7. The summed E-state index contributed by atoms with van der Waals surface area (Å²) in [6, 6.07) is 0.434. The number of carbonyl (C=O) groups is 2. The monoisotopic (exact) mass is 286 g/mol. The zero-order valence-electron chi connectivity index (χ0n) is 13.2. The number of hydrogen-bond acceptors (Lipinski definition) is 3. The Hall–Kier alpha value is -1.10. The molecule has 0 aliphatic carbocycles. The van der Waals surface area contributed by atoms with E-state index < -0.39 is 5.97 Å². The Bertz CT molecular complexity index is 291. The molecule has 0 aromatic carbocycles. The fraction of sp³-hybridized carbons (Fsp3) is 0.867. The summed E-state index contributed by atoms with van der Waals surface area (Å²) in [5, 5.41) is 15.0. The third-order valence-electron chi connectivity index (χ3n) is 2.99. The van der Waals surface area contributed by atoms with Crippen LogP contribution in [0.3, 0.4) is 0 Å². The van der Waals surface area contributed by atoms with Gasteiger partial charge in [0.05, 0.1) is 0 Å². The zero-order valence-corrected chi connectivity index (χ0v) is 13.2. The van der Waals surface area contributed by atoms with E-state index in [0.29, 0.717) is 24.9 Å². The van der Waals surface area contributed by atoms with Crippen LogP contribution in [0.25, 0.3) is 0 Å². The standard InChI is InChI=1S/C15H30N2O3/c1-11(2)8-13(9-15(19)20)10-17-14(18)6-5-7-16-12(3)4/h11-13,16H,5-10H2,1-4H3,(H,17,18)(H,19,20)/t13-/m0/s1. The van der Waals surface area contributed by atoms with E-state index in [1.54, 1.807) is 0 Å². The van der Waals surface area contributed by atoms with Crippen molar-refractivity contribution in [3.8, 4) is 0 Å². The first-order valence-corrected chi connectivity index (χ1v) is 7.53. The number of amides is 1. The molecule has 0 bridgehead atoms. The van der Waals surface area contributed by atoms with Crippen molar-refractivity contribution in [2.24, 2.45) is 11.8 Å². The van der Waals surface area contributed by atoms with Gasteiger partial charge in [-0.2, -0.15) is 0 Å². The maximum absolute atomic E-state index is 11.7. The molecule has 0 heterocycles. The molecule has 20 heavy (non-hydrogen) atoms. The average Bonchev–Trinajstić information content (AvgIpc) is 2.30. The summed E-state index contributed by atoms with van der Waals surface area (Å²) in [6.07, 6.45) is 2.23. The van der Waals surface area contributed by atoms with E-state index in [9.17, 15) is 9.59 Å². The lowest BCUT2D eigenvalue weighted by atomic mass is 9.94. The van der Waals surface area contributed by atoms with Crippen molar-refractivity contribution >= 4 is 11.9 Å². The molecule has 1 atom stereocenters. The number of rotatable bonds is 11. The predicted molar refractivity (Wildman–Crippen MR) is 80.6 cm³/mol. The third kappa shape index (κ3) is 12.0. The van der Waals surface area contributed by atoms with Crippen molar-refractivity contribution in [3.05, 3.63) is 0 Å². The number of carbonyl (C=O) groups excluding carboxylic acids is 1. The van der Waals surface area contributed by atoms with Crippen molar-refractivity contribution < 1.29 is 14.7 Å². The van der Waals surface area contributed by atoms with E-state index >= 15 is 0 Å². The fourth-order valence-electron chi connectivity index (χ4n) is 2.14. The van der Waals surface area contributed by atoms with E-state index in [2.05, 4.69) is 38.3 Å². The molecule has 0 radical (unpaired) electrons. The molecule has 5 heteroatoms. The topological polar surface area (TPSA) is 78.4 Å². The largest absolute Gasteiger partial charge is 0.481 e. The molecule has 0 fully saturated rings. The second-order valence-corrected chi connectivity index (χ2v) is 6.11. The Morgan fingerprint density at radius 2 is 1.80 bits per heavy atom. The number of nitrogens with one attached hydrogen (secondary N) is 2. The molecule has 0 spiro atoms. The molecule has 5 nitrogen and oxygen atoms in total. The quantitative estimate of drug-likeness (QED) is 0.508. The first-order valence-electron chi connectivity index (χ1n) is 7.53. The summed E-state index contributed by atoms with van der Waals surface area (Å²) in [6.45, 7) is 9.56. The molecule has 3 N–H and O–H groups in total. The molecule has 0 aromatic rings. The van der Waals surface area contributed by atoms with E-state index in [4.69, 9.17) is 5.11 Å². The summed E-state index contributed by atoms with van der Waals surface area (Å²) in [5.41, 5.74) is 0.